The van der Waals surface area contributed by atoms with E-state index in [1.165, 1.54) is 0 Å². The van der Waals surface area contributed by atoms with Crippen molar-refractivity contribution in [1.29, 1.82) is 0 Å². The van der Waals surface area contributed by atoms with Gasteiger partial charge in [-0.05, 0) is 86.3 Å². The van der Waals surface area contributed by atoms with Crippen molar-refractivity contribution in [2.45, 2.75) is 26.2 Å². The lowest BCUT2D eigenvalue weighted by Crippen LogP contribution is -2.59. The number of nitrogens with one attached hydrogen (secondary N) is 2. The summed E-state index contributed by atoms with van der Waals surface area (Å²) in [6.07, 6.45) is 5.73. The summed E-state index contributed by atoms with van der Waals surface area (Å²) in [5.41, 5.74) is 2.94. The fourth-order valence-corrected chi connectivity index (χ4v) is 7.82. The highest BCUT2D eigenvalue weighted by molar-refractivity contribution is 7.17. The highest BCUT2D eigenvalue weighted by Gasteiger charge is 2.45. The molecule has 0 unspecified atom stereocenters. The minimum atomic E-state index is -1.08. The summed E-state index contributed by atoms with van der Waals surface area (Å²) >= 11 is 1.13. The molecule has 0 saturated carbocycles. The summed E-state index contributed by atoms with van der Waals surface area (Å²) in [5, 5.41) is 5.21. The lowest BCUT2D eigenvalue weighted by molar-refractivity contribution is -0.000510. The molecular weight excluding hydrogens is 663 g/mol. The third-order valence-electron chi connectivity index (χ3n) is 9.36. The lowest BCUT2D eigenvalue weighted by Gasteiger charge is -2.53. The third kappa shape index (κ3) is 6.41. The van der Waals surface area contributed by atoms with E-state index < -0.39 is 23.3 Å². The van der Waals surface area contributed by atoms with Crippen molar-refractivity contribution in [2.75, 3.05) is 48.0 Å². The minimum Gasteiger partial charge on any atom is -0.381 e. The smallest absolute Gasteiger partial charge is 0.265 e. The summed E-state index contributed by atoms with van der Waals surface area (Å²) in [4.78, 5) is 54.0. The second kappa shape index (κ2) is 13.6. The molecule has 2 fully saturated rings. The molecule has 7 rings (SSSR count). The normalized spacial score (nSPS) is 16.7. The maximum Gasteiger partial charge on any atom is 0.265 e. The monoisotopic (exact) mass is 696 g/mol. The Morgan fingerprint density at radius 1 is 0.980 bits per heavy atom. The molecule has 0 atom stereocenters. The Kier molecular flexibility index (Phi) is 9.02. The van der Waals surface area contributed by atoms with E-state index in [0.717, 1.165) is 63.0 Å². The van der Waals surface area contributed by atoms with Gasteiger partial charge in [-0.15, -0.1) is 11.3 Å². The number of allylic oxidation sites excluding steroid dienone is 2. The van der Waals surface area contributed by atoms with Crippen molar-refractivity contribution in [3.05, 3.63) is 112 Å². The van der Waals surface area contributed by atoms with Crippen LogP contribution in [0.5, 0.6) is 0 Å². The van der Waals surface area contributed by atoms with Gasteiger partial charge in [-0.1, -0.05) is 6.58 Å². The number of thiophene rings is 1. The first-order valence-electron chi connectivity index (χ1n) is 16.2. The predicted octanol–water partition coefficient (Wildman–Crippen LogP) is 6.69. The molecular formula is C37H34F2N6O4S. The summed E-state index contributed by atoms with van der Waals surface area (Å²) in [7, 11) is 0. The number of aromatic nitrogens is 2. The number of hydrogen-bond donors (Lipinski definition) is 2. The van der Waals surface area contributed by atoms with Gasteiger partial charge in [-0.3, -0.25) is 19.4 Å². The fraction of sp³-hybridized carbons (Fsp3) is 0.270. The van der Waals surface area contributed by atoms with Crippen LogP contribution in [0.4, 0.5) is 26.0 Å². The van der Waals surface area contributed by atoms with Crippen LogP contribution in [0.2, 0.25) is 0 Å². The van der Waals surface area contributed by atoms with Crippen LogP contribution in [0.15, 0.2) is 90.9 Å². The Morgan fingerprint density at radius 3 is 2.42 bits per heavy atom. The number of amides is 3. The average Bonchev–Trinajstić information content (AvgIpc) is 3.47. The molecule has 6 heterocycles. The summed E-state index contributed by atoms with van der Waals surface area (Å²) < 4.78 is 33.0. The number of rotatable bonds is 7. The van der Waals surface area contributed by atoms with Gasteiger partial charge in [-0.25, -0.2) is 13.8 Å². The van der Waals surface area contributed by atoms with Gasteiger partial charge in [0.2, 0.25) is 0 Å². The number of anilines is 3. The van der Waals surface area contributed by atoms with Crippen LogP contribution in [-0.2, 0) is 11.2 Å². The topological polar surface area (TPSA) is 117 Å². The zero-order chi connectivity index (χ0) is 35.0. The van der Waals surface area contributed by atoms with Gasteiger partial charge < -0.3 is 25.2 Å². The van der Waals surface area contributed by atoms with Crippen molar-refractivity contribution in [3.63, 3.8) is 0 Å². The van der Waals surface area contributed by atoms with E-state index >= 15 is 0 Å². The van der Waals surface area contributed by atoms with Crippen LogP contribution in [-0.4, -0.2) is 60.5 Å². The van der Waals surface area contributed by atoms with Gasteiger partial charge in [0.05, 0.1) is 21.0 Å². The third-order valence-corrected chi connectivity index (χ3v) is 10.5. The van der Waals surface area contributed by atoms with Crippen LogP contribution in [0.25, 0.3) is 10.6 Å². The molecule has 4 aromatic rings. The largest absolute Gasteiger partial charge is 0.381 e. The molecule has 0 aliphatic carbocycles. The Balaban J connectivity index is 1.05. The van der Waals surface area contributed by atoms with Gasteiger partial charge in [0, 0.05) is 61.9 Å². The van der Waals surface area contributed by atoms with Gasteiger partial charge in [0.25, 0.3) is 17.7 Å². The maximum absolute atomic E-state index is 13.9. The highest BCUT2D eigenvalue weighted by atomic mass is 32.1. The standard InChI is InChI=1S/C37H34F2N6O4S/c1-22(38)30(23(2)39)43-35(47)29-19-25-11-16-45(28-6-4-14-40-31(28)32(25)50-29)36(48)24-7-9-26(10-8-24)42-34(46)27-5-3-15-41-33(27)44-20-37(21-44)12-17-49-18-13-37/h3-10,14-15,19H,1,11-13,16-18,20-21H2,2H3,(H,42,46)(H,43,47)/b30-23-. The first-order chi connectivity index (χ1) is 24.1. The Morgan fingerprint density at radius 2 is 1.70 bits per heavy atom. The predicted molar refractivity (Wildman–Crippen MR) is 188 cm³/mol. The Labute approximate surface area is 291 Å². The number of carbonyl (C=O) groups excluding carboxylic acids is 3. The van der Waals surface area contributed by atoms with Crippen molar-refractivity contribution >= 4 is 46.3 Å². The molecule has 2 N–H and O–H groups in total. The molecule has 0 radical (unpaired) electrons. The van der Waals surface area contributed by atoms with E-state index in [0.29, 0.717) is 51.9 Å². The summed E-state index contributed by atoms with van der Waals surface area (Å²) in [6, 6.07) is 15.4. The van der Waals surface area contributed by atoms with Crippen LogP contribution >= 0.6 is 11.3 Å². The number of benzene rings is 1. The molecule has 0 bridgehead atoms. The first-order valence-corrected chi connectivity index (χ1v) is 17.1. The Bertz CT molecular complexity index is 2030. The second-order valence-electron chi connectivity index (χ2n) is 12.7. The minimum absolute atomic E-state index is 0.229. The van der Waals surface area contributed by atoms with Crippen LogP contribution in [0, 0.1) is 5.41 Å². The van der Waals surface area contributed by atoms with Crippen LogP contribution in [0.1, 0.15) is 55.7 Å². The van der Waals surface area contributed by atoms with Crippen molar-refractivity contribution in [1.82, 2.24) is 15.3 Å². The lowest BCUT2D eigenvalue weighted by atomic mass is 9.73. The SMILES string of the molecule is C=C(F)/C(NC(=O)c1cc2c(s1)-c1ncccc1N(C(=O)c1ccc(NC(=O)c3cccnc3N3CC4(CCOCC4)C3)cc1)CC2)=C(\C)F. The number of nitrogens with zero attached hydrogens (tertiary/aromatic N) is 4. The van der Waals surface area contributed by atoms with E-state index in [2.05, 4.69) is 32.1 Å². The fourth-order valence-electron chi connectivity index (χ4n) is 6.71. The maximum atomic E-state index is 13.9. The molecule has 10 nitrogen and oxygen atoms in total. The second-order valence-corrected chi connectivity index (χ2v) is 13.7. The van der Waals surface area contributed by atoms with E-state index in [-0.39, 0.29) is 22.1 Å². The van der Waals surface area contributed by atoms with Crippen LogP contribution < -0.4 is 20.4 Å². The van der Waals surface area contributed by atoms with Crippen molar-refractivity contribution in [3.8, 4) is 10.6 Å². The molecule has 256 valence electrons. The number of fused-ring (bicyclic) bond motifs is 3. The Hall–Kier alpha value is -5.27. The summed E-state index contributed by atoms with van der Waals surface area (Å²) in [6.45, 7) is 7.65. The molecule has 3 aliphatic rings. The van der Waals surface area contributed by atoms with Gasteiger partial charge in [0.15, 0.2) is 0 Å². The number of hydrogen-bond acceptors (Lipinski definition) is 8. The van der Waals surface area contributed by atoms with Gasteiger partial charge in [0.1, 0.15) is 28.9 Å². The van der Waals surface area contributed by atoms with Crippen molar-refractivity contribution < 1.29 is 27.9 Å². The molecule has 50 heavy (non-hydrogen) atoms. The molecule has 3 aliphatic heterocycles. The van der Waals surface area contributed by atoms with Gasteiger partial charge in [-0.2, -0.15) is 0 Å². The number of carbonyl (C=O) groups is 3. The molecule has 3 aromatic heterocycles. The van der Waals surface area contributed by atoms with E-state index in [1.54, 1.807) is 71.9 Å². The average molecular weight is 697 g/mol. The molecule has 13 heteroatoms. The summed E-state index contributed by atoms with van der Waals surface area (Å²) in [5.74, 6) is -2.53. The van der Waals surface area contributed by atoms with Crippen molar-refractivity contribution in [2.24, 2.45) is 5.41 Å². The van der Waals surface area contributed by atoms with E-state index in [9.17, 15) is 23.2 Å². The number of halogens is 2. The number of ether oxygens (including phenoxy) is 1. The first kappa shape index (κ1) is 33.2. The molecule has 1 spiro atoms. The van der Waals surface area contributed by atoms with E-state index in [1.807, 2.05) is 0 Å². The zero-order valence-corrected chi connectivity index (χ0v) is 28.1. The molecule has 2 saturated heterocycles. The highest BCUT2D eigenvalue weighted by Crippen LogP contribution is 2.43. The zero-order valence-electron chi connectivity index (χ0n) is 27.3. The molecule has 3 amide bonds. The van der Waals surface area contributed by atoms with E-state index in [4.69, 9.17) is 4.74 Å². The quantitative estimate of drug-likeness (QED) is 0.207. The molecule has 1 aromatic carbocycles. The van der Waals surface area contributed by atoms with Crippen LogP contribution in [0.3, 0.4) is 0 Å². The number of pyridine rings is 2. The van der Waals surface area contributed by atoms with Gasteiger partial charge >= 0.3 is 0 Å².